The van der Waals surface area contributed by atoms with Crippen molar-refractivity contribution in [3.63, 3.8) is 0 Å². The average Bonchev–Trinajstić information content (AvgIpc) is 0.906. The van der Waals surface area contributed by atoms with Crippen molar-refractivity contribution >= 4 is 33.6 Å². The molecule has 0 saturated carbocycles. The van der Waals surface area contributed by atoms with Crippen LogP contribution in [0.5, 0.6) is 0 Å². The van der Waals surface area contributed by atoms with Crippen molar-refractivity contribution in [1.29, 1.82) is 0 Å². The zero-order valence-corrected chi connectivity index (χ0v) is 69.7. The molecule has 109 heavy (non-hydrogen) atoms. The second-order valence-corrected chi connectivity index (χ2v) is 30.4. The molecule has 0 aromatic carbocycles. The molecule has 0 aromatic heterocycles. The van der Waals surface area contributed by atoms with Crippen LogP contribution in [0.2, 0.25) is 0 Å². The summed E-state index contributed by atoms with van der Waals surface area (Å²) in [6.45, 7) is 2.31. The van der Waals surface area contributed by atoms with Gasteiger partial charge in [0, 0.05) is 19.3 Å². The molecule has 0 rings (SSSR count). The van der Waals surface area contributed by atoms with Crippen LogP contribution in [0.25, 0.3) is 0 Å². The van der Waals surface area contributed by atoms with E-state index in [4.69, 9.17) is 32.3 Å². The Hall–Kier alpha value is -5.35. The largest absolute Gasteiger partial charge is 0.472 e. The molecule has 5 atom stereocenters. The Kier molecular flexibility index (Phi) is 78.1. The first-order valence-corrected chi connectivity index (χ1v) is 45.1. The minimum absolute atomic E-state index is 0.0783. The monoisotopic (exact) mass is 1560 g/mol. The molecule has 0 fully saturated rings. The lowest BCUT2D eigenvalue weighted by Crippen LogP contribution is -2.30. The van der Waals surface area contributed by atoms with Gasteiger partial charge in [-0.2, -0.15) is 0 Å². The molecule has 5 unspecified atom stereocenters. The minimum Gasteiger partial charge on any atom is -0.463 e. The molecule has 620 valence electrons. The molecule has 0 heterocycles. The molecule has 0 aromatic rings. The van der Waals surface area contributed by atoms with Gasteiger partial charge in [-0.1, -0.05) is 325 Å². The molecule has 0 spiro atoms. The van der Waals surface area contributed by atoms with Crippen LogP contribution < -0.4 is 0 Å². The second-order valence-electron chi connectivity index (χ2n) is 27.5. The first-order chi connectivity index (χ1) is 53.2. The van der Waals surface area contributed by atoms with Crippen molar-refractivity contribution in [1.82, 2.24) is 0 Å². The van der Waals surface area contributed by atoms with Crippen LogP contribution >= 0.6 is 15.6 Å². The van der Waals surface area contributed by atoms with E-state index in [2.05, 4.69) is 203 Å². The highest BCUT2D eigenvalue weighted by atomic mass is 31.2. The summed E-state index contributed by atoms with van der Waals surface area (Å²) in [4.78, 5) is 58.8. The molecule has 0 bridgehead atoms. The van der Waals surface area contributed by atoms with E-state index in [1.54, 1.807) is 0 Å². The molecule has 0 aliphatic carbocycles. The summed E-state index contributed by atoms with van der Waals surface area (Å²) < 4.78 is 61.3. The number of unbranched alkanes of at least 4 members (excludes halogenated alkanes) is 25. The highest BCUT2D eigenvalue weighted by Crippen LogP contribution is 2.45. The Morgan fingerprint density at radius 2 is 0.459 bits per heavy atom. The number of esters is 3. The van der Waals surface area contributed by atoms with E-state index in [0.29, 0.717) is 19.3 Å². The van der Waals surface area contributed by atoms with Crippen molar-refractivity contribution in [2.75, 3.05) is 39.6 Å². The number of hydrogen-bond donors (Lipinski definition) is 4. The van der Waals surface area contributed by atoms with Crippen LogP contribution in [0.4, 0.5) is 0 Å². The molecule has 0 amide bonds. The lowest BCUT2D eigenvalue weighted by Gasteiger charge is -2.21. The van der Waals surface area contributed by atoms with Crippen LogP contribution in [0.1, 0.15) is 316 Å². The molecule has 0 radical (unpaired) electrons. The van der Waals surface area contributed by atoms with Gasteiger partial charge in [0.2, 0.25) is 0 Å². The third-order valence-electron chi connectivity index (χ3n) is 17.1. The van der Waals surface area contributed by atoms with Gasteiger partial charge >= 0.3 is 33.6 Å². The molecule has 0 aliphatic heterocycles. The van der Waals surface area contributed by atoms with E-state index in [9.17, 15) is 43.5 Å². The first kappa shape index (κ1) is 104. The highest BCUT2D eigenvalue weighted by Gasteiger charge is 2.29. The summed E-state index contributed by atoms with van der Waals surface area (Å²) >= 11 is 0. The van der Waals surface area contributed by atoms with Crippen molar-refractivity contribution in [3.8, 4) is 0 Å². The van der Waals surface area contributed by atoms with Gasteiger partial charge in [-0.3, -0.25) is 32.5 Å². The number of carbonyl (C=O) groups is 3. The Morgan fingerprint density at radius 3 is 0.725 bits per heavy atom. The van der Waals surface area contributed by atoms with Crippen LogP contribution in [0, 0.1) is 0 Å². The number of rotatable bonds is 78. The fourth-order valence-electron chi connectivity index (χ4n) is 10.8. The number of aliphatic hydroxyl groups excluding tert-OH is 2. The predicted molar refractivity (Wildman–Crippen MR) is 454 cm³/mol. The van der Waals surface area contributed by atoms with E-state index in [1.165, 1.54) is 57.8 Å². The topological polar surface area (TPSA) is 231 Å². The van der Waals surface area contributed by atoms with Gasteiger partial charge in [0.05, 0.1) is 26.4 Å². The SMILES string of the molecule is CC/C=C\C/C=C\C/C=C\C/C=C\C/C=C\C/C=C\CCCCCCCCC(=O)OCC(COP(=O)(O)OCC(O)COP(=O)(O)OCC(O)COC(=O)CCCCCCCCCCCCCCC/C=C\C/C=C\C/C=C\C/C=C\C/C=C\CC)OC(=O)CCCCCCCC/C=C\C/C=C\C/C=C\C/C=C\CC. The second kappa shape index (κ2) is 82.1. The Labute approximate surface area is 662 Å². The smallest absolute Gasteiger partial charge is 0.463 e. The number of phosphoric ester groups is 2. The Balaban J connectivity index is 4.64. The summed E-state index contributed by atoms with van der Waals surface area (Å²) in [5.41, 5.74) is 0. The third kappa shape index (κ3) is 83.4. The normalized spacial score (nSPS) is 14.8. The molecular formula is C91H150O16P2. The van der Waals surface area contributed by atoms with Crippen LogP contribution in [-0.2, 0) is 55.8 Å². The van der Waals surface area contributed by atoms with E-state index >= 15 is 0 Å². The van der Waals surface area contributed by atoms with Crippen molar-refractivity contribution in [2.45, 2.75) is 334 Å². The number of aliphatic hydroxyl groups is 2. The fourth-order valence-corrected chi connectivity index (χ4v) is 12.4. The van der Waals surface area contributed by atoms with Gasteiger partial charge in [0.25, 0.3) is 0 Å². The van der Waals surface area contributed by atoms with Gasteiger partial charge in [-0.25, -0.2) is 9.13 Å². The Bertz CT molecular complexity index is 2710. The lowest BCUT2D eigenvalue weighted by molar-refractivity contribution is -0.161. The maximum absolute atomic E-state index is 13.0. The number of ether oxygens (including phenoxy) is 3. The van der Waals surface area contributed by atoms with Gasteiger partial charge < -0.3 is 34.2 Å². The van der Waals surface area contributed by atoms with Crippen molar-refractivity contribution in [2.24, 2.45) is 0 Å². The summed E-state index contributed by atoms with van der Waals surface area (Å²) in [5.74, 6) is -1.61. The quantitative estimate of drug-likeness (QED) is 0.0146. The third-order valence-corrected chi connectivity index (χ3v) is 19.0. The number of phosphoric acid groups is 2. The number of carbonyl (C=O) groups excluding carboxylic acids is 3. The lowest BCUT2D eigenvalue weighted by atomic mass is 10.0. The summed E-state index contributed by atoms with van der Waals surface area (Å²) in [6.07, 6.45) is 106. The van der Waals surface area contributed by atoms with E-state index in [1.807, 2.05) is 0 Å². The summed E-state index contributed by atoms with van der Waals surface area (Å²) in [7, 11) is -9.82. The maximum atomic E-state index is 13.0. The van der Waals surface area contributed by atoms with E-state index in [-0.39, 0.29) is 19.3 Å². The van der Waals surface area contributed by atoms with Crippen molar-refractivity contribution in [3.05, 3.63) is 182 Å². The molecule has 18 heteroatoms. The standard InChI is InChI=1S/C91H150O16P2/c1-4-7-10-13-16-19-22-25-28-31-34-36-38-40-41-42-43-45-47-48-51-53-56-59-62-65-68-71-74-77-89(94)101-80-86(92)81-103-108(97,98)104-82-87(93)83-105-109(99,100)106-85-88(107-91(96)79-76-73-70-67-64-61-58-55-50-33-30-27-24-21-18-15-12-9-6-3)84-102-90(95)78-75-72-69-66-63-60-57-54-52-49-46-44-39-37-35-32-29-26-23-20-17-14-11-8-5-2/h7-12,16-21,25-30,34-37,40-41,44,46,50,52,54-55,86-88,92-93H,4-6,13-15,22-24,31-33,38-39,42-43,45,47-49,51,53,56-85H2,1-3H3,(H,97,98)(H,99,100)/b10-7-,11-8-,12-9-,19-16-,20-17-,21-18-,28-25-,29-26-,30-27-,36-34-,37-35-,41-40-,46-44-,54-52-,55-50-. The minimum atomic E-state index is -4.95. The van der Waals surface area contributed by atoms with E-state index in [0.717, 1.165) is 199 Å². The first-order valence-electron chi connectivity index (χ1n) is 42.1. The highest BCUT2D eigenvalue weighted by molar-refractivity contribution is 7.47. The molecule has 4 N–H and O–H groups in total. The molecular weight excluding hydrogens is 1410 g/mol. The van der Waals surface area contributed by atoms with E-state index < -0.39 is 91.5 Å². The van der Waals surface area contributed by atoms with Crippen LogP contribution in [-0.4, -0.2) is 95.9 Å². The van der Waals surface area contributed by atoms with Gasteiger partial charge in [-0.05, 0) is 154 Å². The van der Waals surface area contributed by atoms with Crippen LogP contribution in [0.15, 0.2) is 182 Å². The average molecular weight is 1560 g/mol. The van der Waals surface area contributed by atoms with Crippen LogP contribution in [0.3, 0.4) is 0 Å². The number of allylic oxidation sites excluding steroid dienone is 30. The fraction of sp³-hybridized carbons (Fsp3) is 0.637. The maximum Gasteiger partial charge on any atom is 0.472 e. The summed E-state index contributed by atoms with van der Waals surface area (Å²) in [6, 6.07) is 0. The molecule has 16 nitrogen and oxygen atoms in total. The zero-order chi connectivity index (χ0) is 79.4. The zero-order valence-electron chi connectivity index (χ0n) is 67.9. The van der Waals surface area contributed by atoms with Gasteiger partial charge in [0.1, 0.15) is 25.4 Å². The predicted octanol–water partition coefficient (Wildman–Crippen LogP) is 25.3. The number of hydrogen-bond acceptors (Lipinski definition) is 14. The Morgan fingerprint density at radius 1 is 0.257 bits per heavy atom. The molecule has 0 saturated heterocycles. The van der Waals surface area contributed by atoms with Crippen molar-refractivity contribution < 1.29 is 75.8 Å². The summed E-state index contributed by atoms with van der Waals surface area (Å²) in [5, 5.41) is 20.7. The van der Waals surface area contributed by atoms with Gasteiger partial charge in [0.15, 0.2) is 6.10 Å². The van der Waals surface area contributed by atoms with Gasteiger partial charge in [-0.15, -0.1) is 0 Å². The molecule has 0 aliphatic rings.